The third-order valence-corrected chi connectivity index (χ3v) is 2.57. The summed E-state index contributed by atoms with van der Waals surface area (Å²) in [5, 5.41) is 0.764. The van der Waals surface area contributed by atoms with Crippen LogP contribution in [0.3, 0.4) is 0 Å². The van der Waals surface area contributed by atoms with Crippen LogP contribution in [0.4, 0.5) is 0 Å². The predicted octanol–water partition coefficient (Wildman–Crippen LogP) is 2.98. The van der Waals surface area contributed by atoms with Crippen molar-refractivity contribution in [2.24, 2.45) is 0 Å². The summed E-state index contributed by atoms with van der Waals surface area (Å²) in [6.45, 7) is 3.76. The maximum absolute atomic E-state index is 5.99. The molecular weight excluding hydrogens is 210 g/mol. The minimum atomic E-state index is 0.734. The van der Waals surface area contributed by atoms with E-state index in [0.717, 1.165) is 35.9 Å². The highest BCUT2D eigenvalue weighted by molar-refractivity contribution is 6.31. The molecule has 0 amide bonds. The van der Waals surface area contributed by atoms with Crippen molar-refractivity contribution in [1.82, 2.24) is 4.90 Å². The van der Waals surface area contributed by atoms with Crippen molar-refractivity contribution in [2.45, 2.75) is 13.3 Å². The maximum Gasteiger partial charge on any atom is 0.120 e. The summed E-state index contributed by atoms with van der Waals surface area (Å²) in [6.07, 6.45) is 1.03. The second-order valence-corrected chi connectivity index (χ2v) is 4.32. The van der Waals surface area contributed by atoms with Crippen LogP contribution in [0.2, 0.25) is 5.02 Å². The van der Waals surface area contributed by atoms with Gasteiger partial charge < -0.3 is 9.64 Å². The highest BCUT2D eigenvalue weighted by Crippen LogP contribution is 2.21. The van der Waals surface area contributed by atoms with Gasteiger partial charge in [0.15, 0.2) is 0 Å². The minimum Gasteiger partial charge on any atom is -0.493 e. The summed E-state index contributed by atoms with van der Waals surface area (Å²) >= 11 is 5.99. The fourth-order valence-electron chi connectivity index (χ4n) is 1.23. The smallest absolute Gasteiger partial charge is 0.120 e. The molecule has 0 unspecified atom stereocenters. The Bertz CT molecular complexity index is 312. The van der Waals surface area contributed by atoms with Crippen LogP contribution in [0.1, 0.15) is 12.0 Å². The van der Waals surface area contributed by atoms with E-state index in [9.17, 15) is 0 Å². The molecule has 0 atom stereocenters. The Morgan fingerprint density at radius 1 is 1.33 bits per heavy atom. The topological polar surface area (TPSA) is 12.5 Å². The summed E-state index contributed by atoms with van der Waals surface area (Å²) < 4.78 is 5.58. The fourth-order valence-corrected chi connectivity index (χ4v) is 1.40. The number of benzene rings is 1. The van der Waals surface area contributed by atoms with Gasteiger partial charge in [-0.3, -0.25) is 0 Å². The zero-order valence-electron chi connectivity index (χ0n) is 9.59. The van der Waals surface area contributed by atoms with Crippen molar-refractivity contribution >= 4 is 11.6 Å². The van der Waals surface area contributed by atoms with Gasteiger partial charge in [0.2, 0.25) is 0 Å². The van der Waals surface area contributed by atoms with E-state index in [1.807, 2.05) is 25.1 Å². The zero-order chi connectivity index (χ0) is 11.3. The van der Waals surface area contributed by atoms with E-state index in [1.54, 1.807) is 0 Å². The van der Waals surface area contributed by atoms with Gasteiger partial charge in [0.25, 0.3) is 0 Å². The third-order valence-electron chi connectivity index (χ3n) is 2.16. The zero-order valence-corrected chi connectivity index (χ0v) is 10.3. The quantitative estimate of drug-likeness (QED) is 0.718. The first kappa shape index (κ1) is 12.3. The molecule has 84 valence electrons. The molecule has 0 aromatic heterocycles. The van der Waals surface area contributed by atoms with Gasteiger partial charge in [0.05, 0.1) is 6.61 Å². The van der Waals surface area contributed by atoms with E-state index in [1.165, 1.54) is 0 Å². The van der Waals surface area contributed by atoms with E-state index >= 15 is 0 Å². The molecule has 15 heavy (non-hydrogen) atoms. The third kappa shape index (κ3) is 4.54. The van der Waals surface area contributed by atoms with Gasteiger partial charge in [-0.05, 0) is 45.1 Å². The highest BCUT2D eigenvalue weighted by atomic mass is 35.5. The second kappa shape index (κ2) is 5.99. The molecule has 1 rings (SSSR count). The Morgan fingerprint density at radius 3 is 2.67 bits per heavy atom. The SMILES string of the molecule is Cc1ccc(OCCCN(C)C)cc1Cl. The lowest BCUT2D eigenvalue weighted by molar-refractivity contribution is 0.281. The van der Waals surface area contributed by atoms with Gasteiger partial charge in [0.1, 0.15) is 5.75 Å². The van der Waals surface area contributed by atoms with Crippen LogP contribution in [0.25, 0.3) is 0 Å². The first-order chi connectivity index (χ1) is 7.09. The van der Waals surface area contributed by atoms with Crippen LogP contribution in [-0.2, 0) is 0 Å². The van der Waals surface area contributed by atoms with Crippen molar-refractivity contribution in [3.63, 3.8) is 0 Å². The van der Waals surface area contributed by atoms with E-state index in [2.05, 4.69) is 19.0 Å². The highest BCUT2D eigenvalue weighted by Gasteiger charge is 1.98. The molecule has 0 N–H and O–H groups in total. The monoisotopic (exact) mass is 227 g/mol. The first-order valence-corrected chi connectivity index (χ1v) is 5.51. The Labute approximate surface area is 96.8 Å². The number of ether oxygens (including phenoxy) is 1. The van der Waals surface area contributed by atoms with Gasteiger partial charge in [-0.15, -0.1) is 0 Å². The molecule has 0 saturated heterocycles. The Kier molecular flexibility index (Phi) is 4.92. The van der Waals surface area contributed by atoms with Gasteiger partial charge in [-0.2, -0.15) is 0 Å². The van der Waals surface area contributed by atoms with Crippen LogP contribution in [-0.4, -0.2) is 32.1 Å². The van der Waals surface area contributed by atoms with Gasteiger partial charge in [-0.1, -0.05) is 17.7 Å². The Hall–Kier alpha value is -0.730. The fraction of sp³-hybridized carbons (Fsp3) is 0.500. The molecule has 1 aromatic carbocycles. The summed E-state index contributed by atoms with van der Waals surface area (Å²) in [4.78, 5) is 2.14. The summed E-state index contributed by atoms with van der Waals surface area (Å²) in [6, 6.07) is 5.80. The van der Waals surface area contributed by atoms with Crippen LogP contribution in [0.5, 0.6) is 5.75 Å². The number of nitrogens with zero attached hydrogens (tertiary/aromatic N) is 1. The molecule has 2 nitrogen and oxygen atoms in total. The second-order valence-electron chi connectivity index (χ2n) is 3.92. The maximum atomic E-state index is 5.99. The Balaban J connectivity index is 2.35. The predicted molar refractivity (Wildman–Crippen MR) is 64.9 cm³/mol. The molecule has 0 aliphatic rings. The van der Waals surface area contributed by atoms with Crippen LogP contribution >= 0.6 is 11.6 Å². The van der Waals surface area contributed by atoms with Crippen LogP contribution < -0.4 is 4.74 Å². The van der Waals surface area contributed by atoms with Crippen molar-refractivity contribution in [3.8, 4) is 5.75 Å². The number of aryl methyl sites for hydroxylation is 1. The number of halogens is 1. The molecule has 3 heteroatoms. The molecule has 0 aliphatic heterocycles. The largest absolute Gasteiger partial charge is 0.493 e. The van der Waals surface area contributed by atoms with Crippen molar-refractivity contribution in [3.05, 3.63) is 28.8 Å². The summed E-state index contributed by atoms with van der Waals surface area (Å²) in [5.41, 5.74) is 1.08. The van der Waals surface area contributed by atoms with E-state index < -0.39 is 0 Å². The standard InChI is InChI=1S/C12H18ClNO/c1-10-5-6-11(9-12(10)13)15-8-4-7-14(2)3/h5-6,9H,4,7-8H2,1-3H3. The van der Waals surface area contributed by atoms with Crippen molar-refractivity contribution in [1.29, 1.82) is 0 Å². The molecular formula is C12H18ClNO. The Morgan fingerprint density at radius 2 is 2.07 bits per heavy atom. The lowest BCUT2D eigenvalue weighted by Crippen LogP contribution is -2.15. The molecule has 0 spiro atoms. The van der Waals surface area contributed by atoms with E-state index in [-0.39, 0.29) is 0 Å². The average Bonchev–Trinajstić information content (AvgIpc) is 2.18. The average molecular weight is 228 g/mol. The number of hydrogen-bond donors (Lipinski definition) is 0. The minimum absolute atomic E-state index is 0.734. The van der Waals surface area contributed by atoms with Crippen molar-refractivity contribution < 1.29 is 4.74 Å². The van der Waals surface area contributed by atoms with Crippen LogP contribution in [0.15, 0.2) is 18.2 Å². The summed E-state index contributed by atoms with van der Waals surface area (Å²) in [7, 11) is 4.12. The van der Waals surface area contributed by atoms with Gasteiger partial charge >= 0.3 is 0 Å². The molecule has 1 aromatic rings. The first-order valence-electron chi connectivity index (χ1n) is 5.13. The lowest BCUT2D eigenvalue weighted by atomic mass is 10.2. The molecule has 0 radical (unpaired) electrons. The van der Waals surface area contributed by atoms with Crippen molar-refractivity contribution in [2.75, 3.05) is 27.2 Å². The normalized spacial score (nSPS) is 10.7. The molecule has 0 aliphatic carbocycles. The van der Waals surface area contributed by atoms with E-state index in [0.29, 0.717) is 0 Å². The lowest BCUT2D eigenvalue weighted by Gasteiger charge is -2.10. The molecule has 0 saturated carbocycles. The molecule has 0 fully saturated rings. The van der Waals surface area contributed by atoms with E-state index in [4.69, 9.17) is 16.3 Å². The number of hydrogen-bond acceptors (Lipinski definition) is 2. The van der Waals surface area contributed by atoms with Gasteiger partial charge in [-0.25, -0.2) is 0 Å². The molecule has 0 heterocycles. The van der Waals surface area contributed by atoms with Crippen LogP contribution in [0, 0.1) is 6.92 Å². The number of rotatable bonds is 5. The summed E-state index contributed by atoms with van der Waals surface area (Å²) in [5.74, 6) is 0.851. The molecule has 0 bridgehead atoms. The van der Waals surface area contributed by atoms with Gasteiger partial charge in [0, 0.05) is 11.6 Å².